The highest BCUT2D eigenvalue weighted by molar-refractivity contribution is 5.12. The van der Waals surface area contributed by atoms with Gasteiger partial charge in [0.1, 0.15) is 0 Å². The molecule has 0 radical (unpaired) electrons. The molecule has 30 heavy (non-hydrogen) atoms. The largest absolute Gasteiger partial charge is 0.396 e. The van der Waals surface area contributed by atoms with Crippen LogP contribution in [-0.2, 0) is 12.8 Å². The van der Waals surface area contributed by atoms with E-state index in [4.69, 9.17) is 0 Å². The van der Waals surface area contributed by atoms with Gasteiger partial charge in [-0.05, 0) is 38.4 Å². The molecule has 3 rings (SSSR count). The van der Waals surface area contributed by atoms with Gasteiger partial charge in [-0.3, -0.25) is 9.97 Å². The van der Waals surface area contributed by atoms with Crippen LogP contribution in [0.3, 0.4) is 0 Å². The molecule has 3 heterocycles. The number of rotatable bonds is 7. The van der Waals surface area contributed by atoms with Crippen molar-refractivity contribution in [1.82, 2.24) is 20.2 Å². The van der Waals surface area contributed by atoms with Crippen molar-refractivity contribution in [3.63, 3.8) is 0 Å². The molecule has 1 aliphatic heterocycles. The fourth-order valence-corrected chi connectivity index (χ4v) is 4.27. The van der Waals surface area contributed by atoms with E-state index in [-0.39, 0.29) is 13.2 Å². The first kappa shape index (κ1) is 24.4. The number of likely N-dealkylation sites (N-methyl/N-ethyl adjacent to an activating group) is 1. The molecule has 166 valence electrons. The SMILES string of the molecule is CN1CC(C)(CO)C(O)C(CO)(Cc2ccccn2)C1.CNCCc1ccccn1. The summed E-state index contributed by atoms with van der Waals surface area (Å²) < 4.78 is 0. The van der Waals surface area contributed by atoms with Crippen LogP contribution in [0.1, 0.15) is 18.3 Å². The molecule has 3 atom stereocenters. The third-order valence-electron chi connectivity index (χ3n) is 5.75. The van der Waals surface area contributed by atoms with Crippen molar-refractivity contribution in [2.75, 3.05) is 46.9 Å². The number of aromatic nitrogens is 2. The van der Waals surface area contributed by atoms with Crippen LogP contribution in [0.2, 0.25) is 0 Å². The zero-order valence-electron chi connectivity index (χ0n) is 18.3. The Morgan fingerprint density at radius 1 is 1.03 bits per heavy atom. The van der Waals surface area contributed by atoms with E-state index in [1.807, 2.05) is 63.6 Å². The van der Waals surface area contributed by atoms with Crippen LogP contribution in [0.25, 0.3) is 0 Å². The number of aliphatic hydroxyl groups excluding tert-OH is 3. The molecule has 0 amide bonds. The number of pyridine rings is 2. The highest BCUT2D eigenvalue weighted by atomic mass is 16.3. The topological polar surface area (TPSA) is 102 Å². The second-order valence-corrected chi connectivity index (χ2v) is 8.58. The lowest BCUT2D eigenvalue weighted by atomic mass is 9.64. The summed E-state index contributed by atoms with van der Waals surface area (Å²) in [5, 5.41) is 33.4. The molecule has 3 unspecified atom stereocenters. The van der Waals surface area contributed by atoms with Gasteiger partial charge in [-0.1, -0.05) is 19.1 Å². The number of likely N-dealkylation sites (tertiary alicyclic amines) is 1. The van der Waals surface area contributed by atoms with Gasteiger partial charge in [0.2, 0.25) is 0 Å². The highest BCUT2D eigenvalue weighted by Gasteiger charge is 2.52. The van der Waals surface area contributed by atoms with Crippen molar-refractivity contribution in [3.8, 4) is 0 Å². The molecule has 0 aromatic carbocycles. The van der Waals surface area contributed by atoms with Crippen molar-refractivity contribution in [2.45, 2.75) is 25.9 Å². The van der Waals surface area contributed by atoms with E-state index in [0.29, 0.717) is 19.5 Å². The zero-order chi connectivity index (χ0) is 22.0. The number of piperidine rings is 1. The summed E-state index contributed by atoms with van der Waals surface area (Å²) in [6, 6.07) is 11.6. The summed E-state index contributed by atoms with van der Waals surface area (Å²) in [6.45, 7) is 3.80. The predicted octanol–water partition coefficient (Wildman–Crippen LogP) is 0.751. The van der Waals surface area contributed by atoms with Crippen molar-refractivity contribution < 1.29 is 15.3 Å². The predicted molar refractivity (Wildman–Crippen MR) is 118 cm³/mol. The Kier molecular flexibility index (Phi) is 9.33. The molecule has 2 aromatic rings. The molecule has 7 heteroatoms. The maximum absolute atomic E-state index is 10.7. The van der Waals surface area contributed by atoms with Gasteiger partial charge < -0.3 is 25.5 Å². The maximum atomic E-state index is 10.7. The Labute approximate surface area is 179 Å². The fourth-order valence-electron chi connectivity index (χ4n) is 4.27. The standard InChI is InChI=1S/C15H24N2O3.C8H12N2/c1-14(10-18)8-17(2)9-15(11-19,13(14)20)7-12-5-3-4-6-16-12;1-9-7-5-8-4-2-3-6-10-8/h3-6,13,18-20H,7-11H2,1-2H3;2-4,6,9H,5,7H2,1H3. The average Bonchev–Trinajstić information content (AvgIpc) is 2.77. The van der Waals surface area contributed by atoms with E-state index in [9.17, 15) is 15.3 Å². The molecule has 2 aromatic heterocycles. The Balaban J connectivity index is 0.000000269. The highest BCUT2D eigenvalue weighted by Crippen LogP contribution is 2.42. The number of nitrogens with one attached hydrogen (secondary N) is 1. The van der Waals surface area contributed by atoms with Crippen LogP contribution in [0, 0.1) is 10.8 Å². The third-order valence-corrected chi connectivity index (χ3v) is 5.75. The Bertz CT molecular complexity index is 734. The number of nitrogens with zero attached hydrogens (tertiary/aromatic N) is 3. The van der Waals surface area contributed by atoms with Gasteiger partial charge >= 0.3 is 0 Å². The van der Waals surface area contributed by atoms with E-state index in [1.165, 1.54) is 0 Å². The summed E-state index contributed by atoms with van der Waals surface area (Å²) in [5.41, 5.74) is 0.664. The number of aliphatic hydroxyl groups is 3. The summed E-state index contributed by atoms with van der Waals surface area (Å²) in [4.78, 5) is 10.5. The molecule has 0 spiro atoms. The normalized spacial score (nSPS) is 26.7. The number of hydrogen-bond donors (Lipinski definition) is 4. The van der Waals surface area contributed by atoms with Gasteiger partial charge in [0, 0.05) is 67.1 Å². The van der Waals surface area contributed by atoms with Crippen LogP contribution < -0.4 is 5.32 Å². The lowest BCUT2D eigenvalue weighted by Crippen LogP contribution is -2.63. The Morgan fingerprint density at radius 2 is 1.67 bits per heavy atom. The van der Waals surface area contributed by atoms with Crippen molar-refractivity contribution in [1.29, 1.82) is 0 Å². The Hall–Kier alpha value is -1.90. The first-order chi connectivity index (χ1) is 14.4. The quantitative estimate of drug-likeness (QED) is 0.528. The molecule has 1 fully saturated rings. The molecule has 7 nitrogen and oxygen atoms in total. The van der Waals surface area contributed by atoms with Gasteiger partial charge in [-0.2, -0.15) is 0 Å². The average molecular weight is 417 g/mol. The van der Waals surface area contributed by atoms with E-state index in [1.54, 1.807) is 6.20 Å². The van der Waals surface area contributed by atoms with E-state index >= 15 is 0 Å². The van der Waals surface area contributed by atoms with Gasteiger partial charge in [-0.25, -0.2) is 0 Å². The molecule has 0 aliphatic carbocycles. The fraction of sp³-hybridized carbons (Fsp3) is 0.565. The van der Waals surface area contributed by atoms with Crippen LogP contribution >= 0.6 is 0 Å². The van der Waals surface area contributed by atoms with Crippen LogP contribution in [0.4, 0.5) is 0 Å². The summed E-state index contributed by atoms with van der Waals surface area (Å²) in [7, 11) is 3.89. The second-order valence-electron chi connectivity index (χ2n) is 8.58. The van der Waals surface area contributed by atoms with Crippen molar-refractivity contribution >= 4 is 0 Å². The molecule has 1 aliphatic rings. The van der Waals surface area contributed by atoms with Crippen molar-refractivity contribution in [2.24, 2.45) is 10.8 Å². The molecule has 1 saturated heterocycles. The number of hydrogen-bond acceptors (Lipinski definition) is 7. The van der Waals surface area contributed by atoms with Gasteiger partial charge in [0.15, 0.2) is 0 Å². The molecule has 0 saturated carbocycles. The summed E-state index contributed by atoms with van der Waals surface area (Å²) in [6.07, 6.45) is 4.27. The smallest absolute Gasteiger partial charge is 0.0722 e. The van der Waals surface area contributed by atoms with Crippen LogP contribution in [0.15, 0.2) is 48.8 Å². The van der Waals surface area contributed by atoms with Crippen LogP contribution in [0.5, 0.6) is 0 Å². The zero-order valence-corrected chi connectivity index (χ0v) is 18.3. The molecular formula is C23H36N4O3. The van der Waals surface area contributed by atoms with E-state index < -0.39 is 16.9 Å². The lowest BCUT2D eigenvalue weighted by molar-refractivity contribution is -0.156. The third kappa shape index (κ3) is 6.30. The Morgan fingerprint density at radius 3 is 2.17 bits per heavy atom. The van der Waals surface area contributed by atoms with Gasteiger partial charge in [0.25, 0.3) is 0 Å². The first-order valence-corrected chi connectivity index (χ1v) is 10.4. The van der Waals surface area contributed by atoms with Gasteiger partial charge in [0.05, 0.1) is 19.3 Å². The molecule has 0 bridgehead atoms. The minimum Gasteiger partial charge on any atom is -0.396 e. The van der Waals surface area contributed by atoms with Gasteiger partial charge in [-0.15, -0.1) is 0 Å². The summed E-state index contributed by atoms with van der Waals surface area (Å²) >= 11 is 0. The molecule has 4 N–H and O–H groups in total. The minimum atomic E-state index is -0.775. The van der Waals surface area contributed by atoms with E-state index in [0.717, 1.165) is 24.4 Å². The molecular weight excluding hydrogens is 380 g/mol. The second kappa shape index (κ2) is 11.5. The maximum Gasteiger partial charge on any atom is 0.0722 e. The first-order valence-electron chi connectivity index (χ1n) is 10.4. The minimum absolute atomic E-state index is 0.109. The van der Waals surface area contributed by atoms with E-state index in [2.05, 4.69) is 20.2 Å². The van der Waals surface area contributed by atoms with Crippen molar-refractivity contribution in [3.05, 3.63) is 60.2 Å². The lowest BCUT2D eigenvalue weighted by Gasteiger charge is -2.53. The van der Waals surface area contributed by atoms with Crippen LogP contribution in [-0.4, -0.2) is 83.2 Å². The summed E-state index contributed by atoms with van der Waals surface area (Å²) in [5.74, 6) is 0. The monoisotopic (exact) mass is 416 g/mol.